The van der Waals surface area contributed by atoms with Gasteiger partial charge in [0.15, 0.2) is 29.2 Å². The molecule has 1 heterocycles. The molecular formula is C17H13F6N3. The fourth-order valence-electron chi connectivity index (χ4n) is 2.74. The average Bonchev–Trinajstić information content (AvgIpc) is 2.91. The van der Waals surface area contributed by atoms with Crippen LogP contribution in [0.1, 0.15) is 11.1 Å². The second-order valence-corrected chi connectivity index (χ2v) is 5.88. The molecule has 3 nitrogen and oxygen atoms in total. The number of halogens is 6. The van der Waals surface area contributed by atoms with E-state index in [2.05, 4.69) is 0 Å². The van der Waals surface area contributed by atoms with Gasteiger partial charge in [0.25, 0.3) is 0 Å². The lowest BCUT2D eigenvalue weighted by atomic mass is 10.2. The molecule has 2 aromatic rings. The van der Waals surface area contributed by atoms with Crippen LogP contribution in [-0.4, -0.2) is 28.8 Å². The zero-order valence-electron chi connectivity index (χ0n) is 13.3. The van der Waals surface area contributed by atoms with Crippen LogP contribution in [0.3, 0.4) is 0 Å². The zero-order valence-corrected chi connectivity index (χ0v) is 13.3. The lowest BCUT2D eigenvalue weighted by Crippen LogP contribution is -2.32. The molecule has 1 N–H and O–H groups in total. The second-order valence-electron chi connectivity index (χ2n) is 5.88. The molecule has 0 aromatic heterocycles. The van der Waals surface area contributed by atoms with Crippen LogP contribution in [-0.2, 0) is 13.1 Å². The van der Waals surface area contributed by atoms with Crippen LogP contribution in [0.15, 0.2) is 24.3 Å². The van der Waals surface area contributed by atoms with Gasteiger partial charge in [-0.15, -0.1) is 0 Å². The SMILES string of the molecule is N=C1N(Cc2cc(F)c(F)cc2F)CCN1Cc1cc(F)c(F)cc1F. The van der Waals surface area contributed by atoms with Crippen molar-refractivity contribution >= 4 is 5.96 Å². The third-order valence-corrected chi connectivity index (χ3v) is 4.14. The Morgan fingerprint density at radius 1 is 0.615 bits per heavy atom. The molecule has 0 spiro atoms. The summed E-state index contributed by atoms with van der Waals surface area (Å²) >= 11 is 0. The van der Waals surface area contributed by atoms with Crippen molar-refractivity contribution in [2.75, 3.05) is 13.1 Å². The highest BCUT2D eigenvalue weighted by atomic mass is 19.2. The minimum atomic E-state index is -1.31. The predicted molar refractivity (Wildman–Crippen MR) is 81.2 cm³/mol. The van der Waals surface area contributed by atoms with Crippen molar-refractivity contribution in [2.45, 2.75) is 13.1 Å². The summed E-state index contributed by atoms with van der Waals surface area (Å²) < 4.78 is 80.0. The van der Waals surface area contributed by atoms with E-state index in [4.69, 9.17) is 5.41 Å². The van der Waals surface area contributed by atoms with Gasteiger partial charge in [-0.1, -0.05) is 0 Å². The largest absolute Gasteiger partial charge is 0.337 e. The standard InChI is InChI=1S/C17H13F6N3/c18-11-5-15(22)13(20)3-9(11)7-25-1-2-26(17(25)24)8-10-4-14(21)16(23)6-12(10)19/h3-6,24H,1-2,7-8H2. The summed E-state index contributed by atoms with van der Waals surface area (Å²) in [5, 5.41) is 8.07. The minimum absolute atomic E-state index is 0.113. The van der Waals surface area contributed by atoms with Crippen molar-refractivity contribution in [3.05, 3.63) is 70.3 Å². The first-order valence-corrected chi connectivity index (χ1v) is 7.61. The third kappa shape index (κ3) is 3.47. The van der Waals surface area contributed by atoms with Crippen LogP contribution in [0.5, 0.6) is 0 Å². The molecule has 0 atom stereocenters. The number of nitrogens with one attached hydrogen (secondary N) is 1. The molecule has 0 unspecified atom stereocenters. The van der Waals surface area contributed by atoms with Gasteiger partial charge in [-0.05, 0) is 12.1 Å². The quantitative estimate of drug-likeness (QED) is 0.653. The molecule has 0 radical (unpaired) electrons. The van der Waals surface area contributed by atoms with E-state index >= 15 is 0 Å². The van der Waals surface area contributed by atoms with E-state index in [1.165, 1.54) is 9.80 Å². The van der Waals surface area contributed by atoms with Crippen LogP contribution in [0, 0.1) is 40.3 Å². The van der Waals surface area contributed by atoms with E-state index in [9.17, 15) is 26.3 Å². The van der Waals surface area contributed by atoms with Crippen molar-refractivity contribution in [1.29, 1.82) is 5.41 Å². The van der Waals surface area contributed by atoms with Gasteiger partial charge in [0.1, 0.15) is 11.6 Å². The minimum Gasteiger partial charge on any atom is -0.337 e. The first-order chi connectivity index (χ1) is 12.3. The summed E-state index contributed by atoms with van der Waals surface area (Å²) in [6.45, 7) is 0.141. The summed E-state index contributed by atoms with van der Waals surface area (Å²) in [6, 6.07) is 2.29. The Hall–Kier alpha value is -2.71. The summed E-state index contributed by atoms with van der Waals surface area (Å²) in [6.07, 6.45) is 0. The van der Waals surface area contributed by atoms with Crippen LogP contribution in [0.2, 0.25) is 0 Å². The van der Waals surface area contributed by atoms with Gasteiger partial charge in [-0.3, -0.25) is 5.41 Å². The van der Waals surface area contributed by atoms with Crippen molar-refractivity contribution in [3.8, 4) is 0 Å². The van der Waals surface area contributed by atoms with Crippen LogP contribution in [0.25, 0.3) is 0 Å². The number of hydrogen-bond acceptors (Lipinski definition) is 1. The maximum Gasteiger partial charge on any atom is 0.194 e. The Bertz CT molecular complexity index is 801. The molecular weight excluding hydrogens is 360 g/mol. The number of benzene rings is 2. The predicted octanol–water partition coefficient (Wildman–Crippen LogP) is 3.77. The highest BCUT2D eigenvalue weighted by Gasteiger charge is 2.27. The highest BCUT2D eigenvalue weighted by molar-refractivity contribution is 5.78. The van der Waals surface area contributed by atoms with Gasteiger partial charge in [0, 0.05) is 49.4 Å². The monoisotopic (exact) mass is 373 g/mol. The van der Waals surface area contributed by atoms with Gasteiger partial charge in [0.05, 0.1) is 0 Å². The molecule has 9 heteroatoms. The molecule has 2 aromatic carbocycles. The number of nitrogens with zero attached hydrogens (tertiary/aromatic N) is 2. The number of rotatable bonds is 4. The smallest absolute Gasteiger partial charge is 0.194 e. The van der Waals surface area contributed by atoms with Crippen LogP contribution in [0.4, 0.5) is 26.3 Å². The molecule has 3 rings (SSSR count). The number of guanidine groups is 1. The fraction of sp³-hybridized carbons (Fsp3) is 0.235. The Morgan fingerprint density at radius 2 is 0.962 bits per heavy atom. The summed E-state index contributed by atoms with van der Waals surface area (Å²) in [5.41, 5.74) is -0.260. The van der Waals surface area contributed by atoms with E-state index in [1.807, 2.05) is 0 Å². The normalized spacial score (nSPS) is 14.5. The third-order valence-electron chi connectivity index (χ3n) is 4.14. The number of hydrogen-bond donors (Lipinski definition) is 1. The lowest BCUT2D eigenvalue weighted by molar-refractivity contribution is 0.426. The summed E-state index contributed by atoms with van der Waals surface area (Å²) in [7, 11) is 0. The molecule has 26 heavy (non-hydrogen) atoms. The molecule has 138 valence electrons. The molecule has 0 aliphatic carbocycles. The Labute approximate surface area is 145 Å². The maximum atomic E-state index is 13.7. The topological polar surface area (TPSA) is 30.3 Å². The van der Waals surface area contributed by atoms with Gasteiger partial charge >= 0.3 is 0 Å². The summed E-state index contributed by atoms with van der Waals surface area (Å²) in [4.78, 5) is 2.76. The molecule has 1 saturated heterocycles. The van der Waals surface area contributed by atoms with Crippen molar-refractivity contribution in [1.82, 2.24) is 9.80 Å². The molecule has 1 aliphatic rings. The molecule has 0 bridgehead atoms. The Kier molecular flexibility index (Phi) is 4.80. The Balaban J connectivity index is 1.73. The average molecular weight is 373 g/mol. The van der Waals surface area contributed by atoms with E-state index in [-0.39, 0.29) is 43.3 Å². The van der Waals surface area contributed by atoms with Gasteiger partial charge in [-0.25, -0.2) is 26.3 Å². The maximum absolute atomic E-state index is 13.7. The van der Waals surface area contributed by atoms with E-state index < -0.39 is 34.9 Å². The van der Waals surface area contributed by atoms with Crippen LogP contribution < -0.4 is 0 Å². The second kappa shape index (κ2) is 6.89. The van der Waals surface area contributed by atoms with Crippen molar-refractivity contribution in [3.63, 3.8) is 0 Å². The van der Waals surface area contributed by atoms with Crippen molar-refractivity contribution < 1.29 is 26.3 Å². The fourth-order valence-corrected chi connectivity index (χ4v) is 2.74. The first-order valence-electron chi connectivity index (χ1n) is 7.61. The van der Waals surface area contributed by atoms with Gasteiger partial charge in [-0.2, -0.15) is 0 Å². The molecule has 0 saturated carbocycles. The summed E-state index contributed by atoms with van der Waals surface area (Å²) in [5.74, 6) is -7.01. The molecule has 1 fully saturated rings. The van der Waals surface area contributed by atoms with E-state index in [0.29, 0.717) is 12.1 Å². The van der Waals surface area contributed by atoms with Crippen molar-refractivity contribution in [2.24, 2.45) is 0 Å². The van der Waals surface area contributed by atoms with Crippen LogP contribution >= 0.6 is 0 Å². The zero-order chi connectivity index (χ0) is 19.0. The van der Waals surface area contributed by atoms with Gasteiger partial charge < -0.3 is 9.80 Å². The lowest BCUT2D eigenvalue weighted by Gasteiger charge is -2.22. The first kappa shape index (κ1) is 18.1. The molecule has 0 amide bonds. The highest BCUT2D eigenvalue weighted by Crippen LogP contribution is 2.21. The Morgan fingerprint density at radius 3 is 1.35 bits per heavy atom. The van der Waals surface area contributed by atoms with E-state index in [1.54, 1.807) is 0 Å². The molecule has 1 aliphatic heterocycles. The van der Waals surface area contributed by atoms with Gasteiger partial charge in [0.2, 0.25) is 0 Å². The van der Waals surface area contributed by atoms with E-state index in [0.717, 1.165) is 12.1 Å².